The number of nitrogens with zero attached hydrogens (tertiary/aromatic N) is 2. The Morgan fingerprint density at radius 3 is 2.55 bits per heavy atom. The van der Waals surface area contributed by atoms with Crippen molar-refractivity contribution in [3.8, 4) is 0 Å². The number of likely N-dealkylation sites (tertiary alicyclic amines) is 1. The van der Waals surface area contributed by atoms with E-state index in [1.54, 1.807) is 66.8 Å². The number of nitrogens with one attached hydrogen (secondary N) is 1. The van der Waals surface area contributed by atoms with Crippen molar-refractivity contribution in [3.05, 3.63) is 89.5 Å². The second-order valence-corrected chi connectivity index (χ2v) is 12.5. The fourth-order valence-electron chi connectivity index (χ4n) is 7.23. The fraction of sp³-hybridized carbons (Fsp3) is 0.429. The molecule has 2 aromatic rings. The largest absolute Gasteiger partial charge is 0.455 e. The summed E-state index contributed by atoms with van der Waals surface area (Å²) in [5, 5.41) is 13.0. The second-order valence-electron chi connectivity index (χ2n) is 12.1. The highest BCUT2D eigenvalue weighted by atomic mass is 35.5. The van der Waals surface area contributed by atoms with Gasteiger partial charge in [0.1, 0.15) is 23.7 Å². The van der Waals surface area contributed by atoms with Crippen LogP contribution in [-0.4, -0.2) is 90.9 Å². The summed E-state index contributed by atoms with van der Waals surface area (Å²) in [5.74, 6) is -3.94. The van der Waals surface area contributed by atoms with Crippen LogP contribution < -0.4 is 10.2 Å². The molecule has 0 unspecified atom stereocenters. The van der Waals surface area contributed by atoms with Crippen LogP contribution in [0.1, 0.15) is 30.9 Å². The van der Waals surface area contributed by atoms with Crippen LogP contribution in [0.25, 0.3) is 0 Å². The summed E-state index contributed by atoms with van der Waals surface area (Å²) in [6, 6.07) is 14.1. The number of ether oxygens (including phenoxy) is 3. The Kier molecular flexibility index (Phi) is 9.79. The molecule has 11 nitrogen and oxygen atoms in total. The van der Waals surface area contributed by atoms with Gasteiger partial charge in [0, 0.05) is 33.2 Å². The molecular formula is C35H38ClN3O8. The molecule has 2 saturated heterocycles. The van der Waals surface area contributed by atoms with Gasteiger partial charge < -0.3 is 34.4 Å². The highest BCUT2D eigenvalue weighted by Crippen LogP contribution is 2.56. The van der Waals surface area contributed by atoms with Crippen LogP contribution in [0.3, 0.4) is 0 Å². The van der Waals surface area contributed by atoms with E-state index in [0.29, 0.717) is 22.7 Å². The lowest BCUT2D eigenvalue weighted by Crippen LogP contribution is -2.56. The number of cyclic esters (lactones) is 1. The molecule has 5 bridgehead atoms. The number of hydrogen-bond acceptors (Lipinski definition) is 8. The van der Waals surface area contributed by atoms with Crippen molar-refractivity contribution in [2.75, 3.05) is 38.3 Å². The molecule has 6 rings (SSSR count). The van der Waals surface area contributed by atoms with Gasteiger partial charge in [-0.3, -0.25) is 19.2 Å². The average Bonchev–Trinajstić information content (AvgIpc) is 3.71. The van der Waals surface area contributed by atoms with Crippen LogP contribution in [0.15, 0.2) is 78.9 Å². The van der Waals surface area contributed by atoms with Crippen LogP contribution >= 0.6 is 11.6 Å². The minimum atomic E-state index is -1.45. The maximum atomic E-state index is 14.7. The number of methoxy groups -OCH3 is 1. The number of benzene rings is 2. The van der Waals surface area contributed by atoms with Crippen molar-refractivity contribution in [2.24, 2.45) is 11.8 Å². The third-order valence-electron chi connectivity index (χ3n) is 9.27. The van der Waals surface area contributed by atoms with Crippen LogP contribution in [0, 0.1) is 11.8 Å². The van der Waals surface area contributed by atoms with Crippen molar-refractivity contribution in [2.45, 2.75) is 49.2 Å². The van der Waals surface area contributed by atoms with Gasteiger partial charge in [0.15, 0.2) is 0 Å². The number of halogens is 1. The van der Waals surface area contributed by atoms with Gasteiger partial charge in [0.25, 0.3) is 5.91 Å². The van der Waals surface area contributed by atoms with E-state index in [0.717, 1.165) is 0 Å². The van der Waals surface area contributed by atoms with Gasteiger partial charge in [-0.05, 0) is 30.5 Å². The number of aliphatic hydroxyl groups is 1. The zero-order valence-electron chi connectivity index (χ0n) is 26.0. The zero-order valence-corrected chi connectivity index (χ0v) is 26.8. The van der Waals surface area contributed by atoms with E-state index < -0.39 is 59.5 Å². The Hall–Kier alpha value is -4.03. The summed E-state index contributed by atoms with van der Waals surface area (Å²) in [7, 11) is 1.50. The molecule has 4 aliphatic rings. The van der Waals surface area contributed by atoms with E-state index in [1.807, 2.05) is 12.1 Å². The number of fused-ring (bicyclic) bond motifs is 2. The average molecular weight is 664 g/mol. The number of allylic oxidation sites excluding steroid dienone is 1. The van der Waals surface area contributed by atoms with Gasteiger partial charge >= 0.3 is 5.97 Å². The molecule has 248 valence electrons. The van der Waals surface area contributed by atoms with Crippen LogP contribution in [-0.2, 0) is 33.4 Å². The first-order valence-electron chi connectivity index (χ1n) is 15.8. The van der Waals surface area contributed by atoms with Crippen molar-refractivity contribution < 1.29 is 38.5 Å². The molecule has 2 aromatic carbocycles. The van der Waals surface area contributed by atoms with E-state index in [4.69, 9.17) is 25.8 Å². The second kappa shape index (κ2) is 14.0. The maximum absolute atomic E-state index is 14.7. The van der Waals surface area contributed by atoms with E-state index in [9.17, 15) is 24.3 Å². The van der Waals surface area contributed by atoms with Gasteiger partial charge in [0.2, 0.25) is 11.8 Å². The molecule has 1 spiro atoms. The van der Waals surface area contributed by atoms with Gasteiger partial charge in [-0.25, -0.2) is 0 Å². The smallest absolute Gasteiger partial charge is 0.313 e. The van der Waals surface area contributed by atoms with E-state index in [-0.39, 0.29) is 45.1 Å². The Morgan fingerprint density at radius 1 is 1.04 bits per heavy atom. The van der Waals surface area contributed by atoms with Crippen LogP contribution in [0.2, 0.25) is 5.02 Å². The first-order chi connectivity index (χ1) is 22.8. The lowest BCUT2D eigenvalue weighted by molar-refractivity contribution is -0.162. The van der Waals surface area contributed by atoms with Crippen molar-refractivity contribution in [3.63, 3.8) is 0 Å². The van der Waals surface area contributed by atoms with Gasteiger partial charge in [-0.15, -0.1) is 0 Å². The van der Waals surface area contributed by atoms with Crippen molar-refractivity contribution >= 4 is 41.0 Å². The highest BCUT2D eigenvalue weighted by molar-refractivity contribution is 6.34. The maximum Gasteiger partial charge on any atom is 0.313 e. The third kappa shape index (κ3) is 6.09. The van der Waals surface area contributed by atoms with E-state index in [2.05, 4.69) is 5.32 Å². The van der Waals surface area contributed by atoms with E-state index >= 15 is 0 Å². The molecule has 2 fully saturated rings. The summed E-state index contributed by atoms with van der Waals surface area (Å²) in [4.78, 5) is 59.4. The number of rotatable bonds is 7. The summed E-state index contributed by atoms with van der Waals surface area (Å²) < 4.78 is 18.2. The molecule has 4 aliphatic heterocycles. The Bertz CT molecular complexity index is 1570. The number of para-hydroxylation sites is 1. The Labute approximate surface area is 278 Å². The number of hydrogen-bond donors (Lipinski definition) is 2. The van der Waals surface area contributed by atoms with Gasteiger partial charge in [-0.2, -0.15) is 0 Å². The van der Waals surface area contributed by atoms with Crippen LogP contribution in [0.4, 0.5) is 5.69 Å². The molecule has 12 heteroatoms. The molecule has 0 aliphatic carbocycles. The normalized spacial score (nSPS) is 31.6. The topological polar surface area (TPSA) is 135 Å². The van der Waals surface area contributed by atoms with Crippen LogP contribution in [0.5, 0.6) is 0 Å². The van der Waals surface area contributed by atoms with Gasteiger partial charge in [0.05, 0.1) is 35.4 Å². The Balaban J connectivity index is 1.45. The monoisotopic (exact) mass is 663 g/mol. The predicted octanol–water partition coefficient (Wildman–Crippen LogP) is 2.97. The summed E-state index contributed by atoms with van der Waals surface area (Å²) in [6.07, 6.45) is 6.03. The standard InChI is InChI=1S/C35H38ClN3O8/c1-45-21-24-30(22-11-4-2-5-12-22)46-34(44)28-26-16-17-35(47-26)29(28)32(42)39(19-10-20-40)31(35)33(43)38(25-14-8-7-13-23(25)36)18-9-3-6-15-27(41)37-24/h2-5,7-9,11-14,16-17,24,26,28-31,40H,6,10,15,18-21H2,1H3,(H,37,41)/b9-3-/t24-,26+,28-,29-,30-,31+,35-/m1/s1. The predicted molar refractivity (Wildman–Crippen MR) is 172 cm³/mol. The van der Waals surface area contributed by atoms with Crippen molar-refractivity contribution in [1.82, 2.24) is 10.2 Å². The first-order valence-corrected chi connectivity index (χ1v) is 16.2. The fourth-order valence-corrected chi connectivity index (χ4v) is 7.47. The number of aliphatic hydroxyl groups excluding tert-OH is 1. The molecule has 2 N–H and O–H groups in total. The number of esters is 1. The molecule has 7 atom stereocenters. The molecule has 4 heterocycles. The summed E-state index contributed by atoms with van der Waals surface area (Å²) >= 11 is 6.60. The molecule has 0 saturated carbocycles. The SMILES string of the molecule is COC[C@H]1NC(=O)CC/C=C\CN(c2ccccc2Cl)C(=O)[C@@H]2N(CCCO)C(=O)[C@H]3[C@H](C(=O)O[C@@H]1c1ccccc1)[C@@H]1C=C[C@]23O1. The lowest BCUT2D eigenvalue weighted by atomic mass is 9.74. The molecule has 0 aromatic heterocycles. The van der Waals surface area contributed by atoms with Crippen molar-refractivity contribution in [1.29, 1.82) is 0 Å². The quantitative estimate of drug-likeness (QED) is 0.341. The number of anilines is 1. The molecule has 47 heavy (non-hydrogen) atoms. The minimum Gasteiger partial charge on any atom is -0.455 e. The van der Waals surface area contributed by atoms with Gasteiger partial charge in [-0.1, -0.05) is 78.4 Å². The lowest BCUT2D eigenvalue weighted by Gasteiger charge is -2.36. The summed E-state index contributed by atoms with van der Waals surface area (Å²) in [5.41, 5.74) is -0.368. The first kappa shape index (κ1) is 32.9. The Morgan fingerprint density at radius 2 is 1.81 bits per heavy atom. The zero-order chi connectivity index (χ0) is 33.1. The molecule has 0 radical (unpaired) electrons. The third-order valence-corrected chi connectivity index (χ3v) is 9.59. The molecular weight excluding hydrogens is 626 g/mol. The van der Waals surface area contributed by atoms with E-state index in [1.165, 1.54) is 16.9 Å². The number of carbonyl (C=O) groups excluding carboxylic acids is 4. The highest BCUT2D eigenvalue weighted by Gasteiger charge is 2.73. The molecule has 3 amide bonds. The minimum absolute atomic E-state index is 0.0591. The number of carbonyl (C=O) groups is 4. The number of amides is 3. The summed E-state index contributed by atoms with van der Waals surface area (Å²) in [6.45, 7) is 0.0396.